The molecule has 0 aliphatic rings. The zero-order valence-corrected chi connectivity index (χ0v) is 10.5. The summed E-state index contributed by atoms with van der Waals surface area (Å²) in [6.07, 6.45) is 0.389. The number of hydrogen-bond donors (Lipinski definition) is 2. The van der Waals surface area contributed by atoms with Crippen LogP contribution in [0.5, 0.6) is 5.75 Å². The number of carboxylic acid groups (broad SMARTS) is 1. The molecule has 0 fully saturated rings. The van der Waals surface area contributed by atoms with Gasteiger partial charge in [0.25, 0.3) is 0 Å². The predicted molar refractivity (Wildman–Crippen MR) is 66.4 cm³/mol. The lowest BCUT2D eigenvalue weighted by Crippen LogP contribution is -2.51. The van der Waals surface area contributed by atoms with Gasteiger partial charge in [-0.1, -0.05) is 25.1 Å². The SMILES string of the molecule is CCNC(C)(Cc1ccccc1OC)C(=O)O. The van der Waals surface area contributed by atoms with Gasteiger partial charge in [0.1, 0.15) is 11.3 Å². The number of likely N-dealkylation sites (N-methyl/N-ethyl adjacent to an activating group) is 1. The van der Waals surface area contributed by atoms with Crippen molar-refractivity contribution in [3.05, 3.63) is 29.8 Å². The van der Waals surface area contributed by atoms with Crippen LogP contribution in [0.2, 0.25) is 0 Å². The molecule has 0 saturated carbocycles. The molecule has 1 atom stereocenters. The highest BCUT2D eigenvalue weighted by Crippen LogP contribution is 2.23. The van der Waals surface area contributed by atoms with Crippen molar-refractivity contribution in [2.75, 3.05) is 13.7 Å². The molecule has 1 unspecified atom stereocenters. The van der Waals surface area contributed by atoms with E-state index in [1.165, 1.54) is 0 Å². The molecule has 0 saturated heterocycles. The monoisotopic (exact) mass is 237 g/mol. The third-order valence-electron chi connectivity index (χ3n) is 2.78. The van der Waals surface area contributed by atoms with E-state index < -0.39 is 11.5 Å². The summed E-state index contributed by atoms with van der Waals surface area (Å²) in [4.78, 5) is 11.3. The van der Waals surface area contributed by atoms with Crippen LogP contribution in [0.25, 0.3) is 0 Å². The maximum Gasteiger partial charge on any atom is 0.323 e. The highest BCUT2D eigenvalue weighted by Gasteiger charge is 2.32. The topological polar surface area (TPSA) is 58.6 Å². The molecule has 4 nitrogen and oxygen atoms in total. The van der Waals surface area contributed by atoms with Crippen LogP contribution in [-0.4, -0.2) is 30.3 Å². The van der Waals surface area contributed by atoms with Crippen LogP contribution in [0, 0.1) is 0 Å². The van der Waals surface area contributed by atoms with Gasteiger partial charge in [-0.25, -0.2) is 0 Å². The third kappa shape index (κ3) is 3.20. The van der Waals surface area contributed by atoms with Crippen LogP contribution < -0.4 is 10.1 Å². The second-order valence-electron chi connectivity index (χ2n) is 4.16. The summed E-state index contributed by atoms with van der Waals surface area (Å²) in [7, 11) is 1.59. The summed E-state index contributed by atoms with van der Waals surface area (Å²) >= 11 is 0. The molecule has 0 radical (unpaired) electrons. The normalized spacial score (nSPS) is 14.1. The van der Waals surface area contributed by atoms with Crippen LogP contribution in [0.15, 0.2) is 24.3 Å². The van der Waals surface area contributed by atoms with Crippen molar-refractivity contribution >= 4 is 5.97 Å². The summed E-state index contributed by atoms with van der Waals surface area (Å²) in [5.41, 5.74) is -0.0792. The number of nitrogens with one attached hydrogen (secondary N) is 1. The average Bonchev–Trinajstić information content (AvgIpc) is 2.30. The van der Waals surface area contributed by atoms with Crippen molar-refractivity contribution in [3.8, 4) is 5.75 Å². The molecule has 4 heteroatoms. The zero-order chi connectivity index (χ0) is 12.9. The van der Waals surface area contributed by atoms with Crippen molar-refractivity contribution in [2.45, 2.75) is 25.8 Å². The van der Waals surface area contributed by atoms with Crippen LogP contribution in [-0.2, 0) is 11.2 Å². The van der Waals surface area contributed by atoms with Gasteiger partial charge in [0.15, 0.2) is 0 Å². The number of hydrogen-bond acceptors (Lipinski definition) is 3. The largest absolute Gasteiger partial charge is 0.496 e. The Morgan fingerprint density at radius 1 is 1.47 bits per heavy atom. The maximum absolute atomic E-state index is 11.3. The number of methoxy groups -OCH3 is 1. The quantitative estimate of drug-likeness (QED) is 0.790. The van der Waals surface area contributed by atoms with Gasteiger partial charge in [-0.15, -0.1) is 0 Å². The molecule has 17 heavy (non-hydrogen) atoms. The minimum Gasteiger partial charge on any atom is -0.496 e. The van der Waals surface area contributed by atoms with Crippen molar-refractivity contribution in [2.24, 2.45) is 0 Å². The van der Waals surface area contributed by atoms with Crippen molar-refractivity contribution in [1.29, 1.82) is 0 Å². The fourth-order valence-corrected chi connectivity index (χ4v) is 1.83. The van der Waals surface area contributed by atoms with E-state index in [0.717, 1.165) is 11.3 Å². The second kappa shape index (κ2) is 5.68. The summed E-state index contributed by atoms with van der Waals surface area (Å²) in [5.74, 6) is -0.136. The van der Waals surface area contributed by atoms with E-state index in [1.54, 1.807) is 14.0 Å². The molecule has 0 aliphatic carbocycles. The number of ether oxygens (including phenoxy) is 1. The van der Waals surface area contributed by atoms with Gasteiger partial charge in [-0.3, -0.25) is 4.79 Å². The lowest BCUT2D eigenvalue weighted by molar-refractivity contribution is -0.144. The molecule has 0 heterocycles. The maximum atomic E-state index is 11.3. The van der Waals surface area contributed by atoms with Gasteiger partial charge in [0.2, 0.25) is 0 Å². The third-order valence-corrected chi connectivity index (χ3v) is 2.78. The molecule has 0 amide bonds. The lowest BCUT2D eigenvalue weighted by atomic mass is 9.92. The van der Waals surface area contributed by atoms with E-state index in [0.29, 0.717) is 13.0 Å². The standard InChI is InChI=1S/C13H19NO3/c1-4-14-13(2,12(15)16)9-10-7-5-6-8-11(10)17-3/h5-8,14H,4,9H2,1-3H3,(H,15,16). The average molecular weight is 237 g/mol. The van der Waals surface area contributed by atoms with Crippen LogP contribution in [0.4, 0.5) is 0 Å². The van der Waals surface area contributed by atoms with Gasteiger partial charge >= 0.3 is 5.97 Å². The smallest absolute Gasteiger partial charge is 0.323 e. The van der Waals surface area contributed by atoms with E-state index >= 15 is 0 Å². The van der Waals surface area contributed by atoms with E-state index in [-0.39, 0.29) is 0 Å². The van der Waals surface area contributed by atoms with E-state index in [2.05, 4.69) is 5.32 Å². The van der Waals surface area contributed by atoms with E-state index in [1.807, 2.05) is 31.2 Å². The molecule has 0 aromatic heterocycles. The number of para-hydroxylation sites is 1. The van der Waals surface area contributed by atoms with Gasteiger partial charge < -0.3 is 15.2 Å². The molecule has 1 aromatic carbocycles. The fraction of sp³-hybridized carbons (Fsp3) is 0.462. The molecule has 1 rings (SSSR count). The molecule has 2 N–H and O–H groups in total. The zero-order valence-electron chi connectivity index (χ0n) is 10.5. The predicted octanol–water partition coefficient (Wildman–Crippen LogP) is 1.69. The van der Waals surface area contributed by atoms with Crippen LogP contribution in [0.3, 0.4) is 0 Å². The number of carboxylic acids is 1. The summed E-state index contributed by atoms with van der Waals surface area (Å²) in [6, 6.07) is 7.47. The van der Waals surface area contributed by atoms with Gasteiger partial charge in [0.05, 0.1) is 7.11 Å². The van der Waals surface area contributed by atoms with Gasteiger partial charge in [-0.05, 0) is 25.1 Å². The first-order chi connectivity index (χ1) is 8.03. The van der Waals surface area contributed by atoms with Crippen molar-refractivity contribution < 1.29 is 14.6 Å². The molecule has 0 aliphatic heterocycles. The minimum atomic E-state index is -0.969. The molecular weight excluding hydrogens is 218 g/mol. The summed E-state index contributed by atoms with van der Waals surface area (Å²) in [5, 5.41) is 12.3. The highest BCUT2D eigenvalue weighted by atomic mass is 16.5. The molecule has 0 spiro atoms. The number of aliphatic carboxylic acids is 1. The van der Waals surface area contributed by atoms with Gasteiger partial charge in [0, 0.05) is 6.42 Å². The molecule has 94 valence electrons. The Morgan fingerprint density at radius 2 is 2.12 bits per heavy atom. The van der Waals surface area contributed by atoms with Crippen molar-refractivity contribution in [3.63, 3.8) is 0 Å². The number of rotatable bonds is 6. The first kappa shape index (κ1) is 13.5. The Morgan fingerprint density at radius 3 is 2.65 bits per heavy atom. The summed E-state index contributed by atoms with van der Waals surface area (Å²) < 4.78 is 5.23. The number of benzene rings is 1. The molecule has 1 aromatic rings. The van der Waals surface area contributed by atoms with Crippen LogP contribution in [0.1, 0.15) is 19.4 Å². The Bertz CT molecular complexity index is 392. The second-order valence-corrected chi connectivity index (χ2v) is 4.16. The Labute approximate surface area is 102 Å². The summed E-state index contributed by atoms with van der Waals surface area (Å²) in [6.45, 7) is 4.19. The lowest BCUT2D eigenvalue weighted by Gasteiger charge is -2.26. The van der Waals surface area contributed by atoms with E-state index in [4.69, 9.17) is 4.74 Å². The highest BCUT2D eigenvalue weighted by molar-refractivity contribution is 5.78. The van der Waals surface area contributed by atoms with Gasteiger partial charge in [-0.2, -0.15) is 0 Å². The van der Waals surface area contributed by atoms with Crippen molar-refractivity contribution in [1.82, 2.24) is 5.32 Å². The Hall–Kier alpha value is -1.55. The van der Waals surface area contributed by atoms with E-state index in [9.17, 15) is 9.90 Å². The van der Waals surface area contributed by atoms with Crippen LogP contribution >= 0.6 is 0 Å². The molecular formula is C13H19NO3. The number of carbonyl (C=O) groups is 1. The first-order valence-corrected chi connectivity index (χ1v) is 5.64. The fourth-order valence-electron chi connectivity index (χ4n) is 1.83. The Balaban J connectivity index is 2.97. The molecule has 0 bridgehead atoms. The first-order valence-electron chi connectivity index (χ1n) is 5.64. The minimum absolute atomic E-state index is 0.389. The Kier molecular flexibility index (Phi) is 4.52.